The Morgan fingerprint density at radius 1 is 1.17 bits per heavy atom. The molecule has 0 spiro atoms. The zero-order valence-electron chi connectivity index (χ0n) is 14.6. The molecule has 3 unspecified atom stereocenters. The van der Waals surface area contributed by atoms with Gasteiger partial charge in [0.2, 0.25) is 0 Å². The summed E-state index contributed by atoms with van der Waals surface area (Å²) >= 11 is 12.2. The van der Waals surface area contributed by atoms with Crippen molar-refractivity contribution >= 4 is 29.1 Å². The molecule has 5 heteroatoms. The number of halogens is 2. The third kappa shape index (κ3) is 4.77. The van der Waals surface area contributed by atoms with E-state index in [0.29, 0.717) is 33.2 Å². The lowest BCUT2D eigenvalue weighted by molar-refractivity contribution is 0.0888. The van der Waals surface area contributed by atoms with Crippen LogP contribution in [0.1, 0.15) is 57.3 Å². The van der Waals surface area contributed by atoms with E-state index in [1.165, 1.54) is 13.5 Å². The van der Waals surface area contributed by atoms with Crippen LogP contribution in [0.2, 0.25) is 10.0 Å². The van der Waals surface area contributed by atoms with Crippen LogP contribution < -0.4 is 10.1 Å². The number of ether oxygens (including phenoxy) is 1. The maximum atomic E-state index is 12.6. The molecule has 3 nitrogen and oxygen atoms in total. The Morgan fingerprint density at radius 3 is 2.39 bits per heavy atom. The molecule has 0 heterocycles. The van der Waals surface area contributed by atoms with Crippen LogP contribution in [0.15, 0.2) is 12.1 Å². The molecular formula is C18H27Cl2NO2. The summed E-state index contributed by atoms with van der Waals surface area (Å²) in [6, 6.07) is 3.42. The average Bonchev–Trinajstić information content (AvgIpc) is 2.55. The summed E-state index contributed by atoms with van der Waals surface area (Å²) in [5.41, 5.74) is 0.317. The van der Waals surface area contributed by atoms with Gasteiger partial charge in [-0.15, -0.1) is 0 Å². The Labute approximate surface area is 149 Å². The molecular weight excluding hydrogens is 333 g/mol. The number of nitrogens with one attached hydrogen (secondary N) is 1. The smallest absolute Gasteiger partial charge is 0.256 e. The number of benzene rings is 1. The highest BCUT2D eigenvalue weighted by Crippen LogP contribution is 2.35. The molecule has 2 rings (SSSR count). The summed E-state index contributed by atoms with van der Waals surface area (Å²) in [5.74, 6) is 1.18. The Hall–Kier alpha value is -0.930. The zero-order chi connectivity index (χ0) is 17.6. The topological polar surface area (TPSA) is 38.3 Å². The quantitative estimate of drug-likeness (QED) is 0.764. The summed E-state index contributed by atoms with van der Waals surface area (Å²) in [5, 5.41) is 3.83. The average molecular weight is 360 g/mol. The van der Waals surface area contributed by atoms with Gasteiger partial charge in [-0.25, -0.2) is 0 Å². The largest absolute Gasteiger partial charge is 0.494 e. The molecule has 0 bridgehead atoms. The SMILES string of the molecule is CC.COc1c(Cl)ccc(Cl)c1C(=O)NC1CCCC(C)C1C. The fourth-order valence-corrected chi connectivity index (χ4v) is 3.44. The van der Waals surface area contributed by atoms with E-state index >= 15 is 0 Å². The molecule has 0 radical (unpaired) electrons. The van der Waals surface area contributed by atoms with Crippen molar-refractivity contribution < 1.29 is 9.53 Å². The number of carbonyl (C=O) groups excluding carboxylic acids is 1. The fourth-order valence-electron chi connectivity index (χ4n) is 2.97. The number of amides is 1. The monoisotopic (exact) mass is 359 g/mol. The molecule has 1 aromatic carbocycles. The molecule has 1 amide bonds. The van der Waals surface area contributed by atoms with Crippen LogP contribution in [0.5, 0.6) is 5.75 Å². The minimum Gasteiger partial charge on any atom is -0.494 e. The highest BCUT2D eigenvalue weighted by Gasteiger charge is 2.30. The lowest BCUT2D eigenvalue weighted by atomic mass is 9.78. The van der Waals surface area contributed by atoms with Crippen molar-refractivity contribution in [3.05, 3.63) is 27.7 Å². The first-order valence-electron chi connectivity index (χ1n) is 8.28. The van der Waals surface area contributed by atoms with Crippen LogP contribution in [0.3, 0.4) is 0 Å². The second-order valence-corrected chi connectivity index (χ2v) is 6.60. The molecule has 0 saturated heterocycles. The van der Waals surface area contributed by atoms with Gasteiger partial charge in [0, 0.05) is 6.04 Å². The summed E-state index contributed by atoms with van der Waals surface area (Å²) in [6.07, 6.45) is 3.35. The first kappa shape index (κ1) is 20.1. The van der Waals surface area contributed by atoms with Gasteiger partial charge in [0.25, 0.3) is 5.91 Å². The second kappa shape index (κ2) is 9.39. The maximum Gasteiger partial charge on any atom is 0.256 e. The molecule has 0 aromatic heterocycles. The zero-order valence-corrected chi connectivity index (χ0v) is 16.1. The van der Waals surface area contributed by atoms with E-state index in [1.54, 1.807) is 12.1 Å². The van der Waals surface area contributed by atoms with Crippen molar-refractivity contribution in [2.75, 3.05) is 7.11 Å². The number of carbonyl (C=O) groups is 1. The first-order valence-corrected chi connectivity index (χ1v) is 9.04. The van der Waals surface area contributed by atoms with E-state index < -0.39 is 0 Å². The van der Waals surface area contributed by atoms with Gasteiger partial charge in [0.05, 0.1) is 17.2 Å². The normalized spacial score (nSPS) is 23.5. The Kier molecular flexibility index (Phi) is 8.21. The van der Waals surface area contributed by atoms with Crippen LogP contribution in [0, 0.1) is 11.8 Å². The number of hydrogen-bond donors (Lipinski definition) is 1. The molecule has 1 aromatic rings. The van der Waals surface area contributed by atoms with Gasteiger partial charge >= 0.3 is 0 Å². The van der Waals surface area contributed by atoms with E-state index in [2.05, 4.69) is 19.2 Å². The van der Waals surface area contributed by atoms with Gasteiger partial charge in [-0.05, 0) is 30.4 Å². The third-order valence-electron chi connectivity index (χ3n) is 4.51. The van der Waals surface area contributed by atoms with Gasteiger partial charge < -0.3 is 10.1 Å². The van der Waals surface area contributed by atoms with Crippen LogP contribution >= 0.6 is 23.2 Å². The van der Waals surface area contributed by atoms with Gasteiger partial charge in [0.1, 0.15) is 5.56 Å². The highest BCUT2D eigenvalue weighted by molar-refractivity contribution is 6.37. The van der Waals surface area contributed by atoms with E-state index in [1.807, 2.05) is 13.8 Å². The van der Waals surface area contributed by atoms with Crippen molar-refractivity contribution in [1.29, 1.82) is 0 Å². The van der Waals surface area contributed by atoms with Crippen LogP contribution in [0.4, 0.5) is 0 Å². The van der Waals surface area contributed by atoms with Gasteiger partial charge in [0.15, 0.2) is 5.75 Å². The Balaban J connectivity index is 0.00000127. The first-order chi connectivity index (χ1) is 11.0. The van der Waals surface area contributed by atoms with Crippen LogP contribution in [-0.2, 0) is 0 Å². The maximum absolute atomic E-state index is 12.6. The molecule has 1 saturated carbocycles. The van der Waals surface area contributed by atoms with Crippen LogP contribution in [-0.4, -0.2) is 19.1 Å². The molecule has 1 aliphatic rings. The number of hydrogen-bond acceptors (Lipinski definition) is 2. The summed E-state index contributed by atoms with van der Waals surface area (Å²) in [4.78, 5) is 12.6. The van der Waals surface area contributed by atoms with E-state index in [9.17, 15) is 4.79 Å². The summed E-state index contributed by atoms with van der Waals surface area (Å²) < 4.78 is 5.24. The Bertz CT molecular complexity index is 534. The molecule has 23 heavy (non-hydrogen) atoms. The minimum absolute atomic E-state index is 0.168. The summed E-state index contributed by atoms with van der Waals surface area (Å²) in [6.45, 7) is 8.42. The minimum atomic E-state index is -0.217. The number of rotatable bonds is 3. The molecule has 0 aliphatic heterocycles. The van der Waals surface area contributed by atoms with E-state index in [4.69, 9.17) is 27.9 Å². The molecule has 3 atom stereocenters. The van der Waals surface area contributed by atoms with Crippen molar-refractivity contribution in [2.45, 2.75) is 53.0 Å². The Morgan fingerprint density at radius 2 is 1.78 bits per heavy atom. The standard InChI is InChI=1S/C16H21Cl2NO2.C2H6/c1-9-5-4-6-13(10(9)2)19-16(20)14-11(17)7-8-12(18)15(14)21-3;1-2/h7-10,13H,4-6H2,1-3H3,(H,19,20);1-2H3. The predicted octanol–water partition coefficient (Wildman–Crippen LogP) is 5.58. The summed E-state index contributed by atoms with van der Waals surface area (Å²) in [7, 11) is 1.49. The van der Waals surface area contributed by atoms with Crippen molar-refractivity contribution in [3.8, 4) is 5.75 Å². The molecule has 130 valence electrons. The third-order valence-corrected chi connectivity index (χ3v) is 5.13. The van der Waals surface area contributed by atoms with E-state index in [-0.39, 0.29) is 11.9 Å². The highest BCUT2D eigenvalue weighted by atomic mass is 35.5. The predicted molar refractivity (Wildman–Crippen MR) is 97.8 cm³/mol. The van der Waals surface area contributed by atoms with Gasteiger partial charge in [-0.1, -0.05) is 63.7 Å². The fraction of sp³-hybridized carbons (Fsp3) is 0.611. The molecule has 1 N–H and O–H groups in total. The van der Waals surface area contributed by atoms with Crippen molar-refractivity contribution in [1.82, 2.24) is 5.32 Å². The second-order valence-electron chi connectivity index (χ2n) is 5.78. The van der Waals surface area contributed by atoms with Crippen molar-refractivity contribution in [3.63, 3.8) is 0 Å². The van der Waals surface area contributed by atoms with Gasteiger partial charge in [-0.3, -0.25) is 4.79 Å². The van der Waals surface area contributed by atoms with Crippen LogP contribution in [0.25, 0.3) is 0 Å². The van der Waals surface area contributed by atoms with Gasteiger partial charge in [-0.2, -0.15) is 0 Å². The lowest BCUT2D eigenvalue weighted by Gasteiger charge is -2.34. The lowest BCUT2D eigenvalue weighted by Crippen LogP contribution is -2.43. The molecule has 1 fully saturated rings. The van der Waals surface area contributed by atoms with E-state index in [0.717, 1.165) is 12.8 Å². The number of methoxy groups -OCH3 is 1. The molecule has 1 aliphatic carbocycles. The van der Waals surface area contributed by atoms with Crippen molar-refractivity contribution in [2.24, 2.45) is 11.8 Å².